The highest BCUT2D eigenvalue weighted by atomic mass is 16.3. The normalized spacial score (nSPS) is 11.4. The lowest BCUT2D eigenvalue weighted by molar-refractivity contribution is 0.395. The van der Waals surface area contributed by atoms with Gasteiger partial charge in [-0.15, -0.1) is 0 Å². The molecule has 1 heterocycles. The summed E-state index contributed by atoms with van der Waals surface area (Å²) in [4.78, 5) is 2.14. The van der Waals surface area contributed by atoms with Crippen LogP contribution >= 0.6 is 0 Å². The van der Waals surface area contributed by atoms with Crippen LogP contribution in [0.15, 0.2) is 28.7 Å². The lowest BCUT2D eigenvalue weighted by Gasteiger charge is -2.06. The molecule has 0 aliphatic heterocycles. The van der Waals surface area contributed by atoms with Gasteiger partial charge in [-0.1, -0.05) is 12.1 Å². The molecule has 0 unspecified atom stereocenters. The van der Waals surface area contributed by atoms with Crippen LogP contribution in [0.4, 0.5) is 5.69 Å². The second-order valence-corrected chi connectivity index (χ2v) is 4.03. The number of benzene rings is 1. The number of para-hydroxylation sites is 1. The molecule has 0 atom stereocenters. The van der Waals surface area contributed by atoms with Crippen LogP contribution in [0.25, 0.3) is 11.0 Å². The number of likely N-dealkylation sites (N-methyl/N-ethyl adjacent to an activating group) is 1. The summed E-state index contributed by atoms with van der Waals surface area (Å²) < 4.78 is 5.70. The Labute approximate surface area is 89.5 Å². The van der Waals surface area contributed by atoms with Crippen LogP contribution in [0.1, 0.15) is 5.76 Å². The standard InChI is InChI=1S/C12H16N2O/c1-14(2)7-6-10-8-9-4-3-5-11(13)12(9)15-10/h3-5,8H,6-7,13H2,1-2H3. The molecule has 0 bridgehead atoms. The van der Waals surface area contributed by atoms with Crippen LogP contribution in [0.2, 0.25) is 0 Å². The molecule has 1 aromatic carbocycles. The molecular weight excluding hydrogens is 188 g/mol. The predicted octanol–water partition coefficient (Wildman–Crippen LogP) is 2.12. The van der Waals surface area contributed by atoms with Gasteiger partial charge in [-0.3, -0.25) is 0 Å². The number of hydrogen-bond acceptors (Lipinski definition) is 3. The van der Waals surface area contributed by atoms with Crippen LogP contribution < -0.4 is 5.73 Å². The van der Waals surface area contributed by atoms with E-state index in [1.165, 1.54) is 0 Å². The summed E-state index contributed by atoms with van der Waals surface area (Å²) >= 11 is 0. The highest BCUT2D eigenvalue weighted by Crippen LogP contribution is 2.24. The maximum Gasteiger partial charge on any atom is 0.157 e. The quantitative estimate of drug-likeness (QED) is 0.779. The Balaban J connectivity index is 2.27. The summed E-state index contributed by atoms with van der Waals surface area (Å²) in [6.45, 7) is 0.986. The van der Waals surface area contributed by atoms with Crippen LogP contribution in [0, 0.1) is 0 Å². The molecule has 0 saturated heterocycles. The number of nitrogens with zero attached hydrogens (tertiary/aromatic N) is 1. The molecule has 80 valence electrons. The number of anilines is 1. The van der Waals surface area contributed by atoms with Crippen molar-refractivity contribution in [2.45, 2.75) is 6.42 Å². The van der Waals surface area contributed by atoms with E-state index in [9.17, 15) is 0 Å². The van der Waals surface area contributed by atoms with Crippen molar-refractivity contribution < 1.29 is 4.42 Å². The van der Waals surface area contributed by atoms with E-state index < -0.39 is 0 Å². The summed E-state index contributed by atoms with van der Waals surface area (Å²) in [5.41, 5.74) is 7.34. The van der Waals surface area contributed by atoms with Gasteiger partial charge >= 0.3 is 0 Å². The Kier molecular flexibility index (Phi) is 2.64. The van der Waals surface area contributed by atoms with Gasteiger partial charge in [0.1, 0.15) is 5.76 Å². The fourth-order valence-corrected chi connectivity index (χ4v) is 1.60. The lowest BCUT2D eigenvalue weighted by atomic mass is 10.2. The number of rotatable bonds is 3. The minimum atomic E-state index is 0.712. The van der Waals surface area contributed by atoms with Crippen molar-refractivity contribution >= 4 is 16.7 Å². The largest absolute Gasteiger partial charge is 0.459 e. The van der Waals surface area contributed by atoms with Gasteiger partial charge in [-0.25, -0.2) is 0 Å². The molecular formula is C12H16N2O. The Bertz CT molecular complexity index is 460. The van der Waals surface area contributed by atoms with E-state index in [4.69, 9.17) is 10.2 Å². The molecule has 0 amide bonds. The van der Waals surface area contributed by atoms with Crippen molar-refractivity contribution in [1.29, 1.82) is 0 Å². The third-order valence-electron chi connectivity index (χ3n) is 2.43. The molecule has 0 aliphatic rings. The average molecular weight is 204 g/mol. The summed E-state index contributed by atoms with van der Waals surface area (Å²) in [6, 6.07) is 7.90. The second kappa shape index (κ2) is 3.95. The van der Waals surface area contributed by atoms with Crippen molar-refractivity contribution in [2.24, 2.45) is 0 Å². The summed E-state index contributed by atoms with van der Waals surface area (Å²) in [6.07, 6.45) is 0.918. The van der Waals surface area contributed by atoms with Crippen LogP contribution in [0.5, 0.6) is 0 Å². The first-order valence-electron chi connectivity index (χ1n) is 5.08. The zero-order chi connectivity index (χ0) is 10.8. The molecule has 0 aliphatic carbocycles. The maximum absolute atomic E-state index is 5.82. The van der Waals surface area contributed by atoms with Gasteiger partial charge in [0.15, 0.2) is 5.58 Å². The first-order valence-corrected chi connectivity index (χ1v) is 5.08. The minimum Gasteiger partial charge on any atom is -0.459 e. The predicted molar refractivity (Wildman–Crippen MR) is 62.9 cm³/mol. The van der Waals surface area contributed by atoms with E-state index in [1.54, 1.807) is 0 Å². The third kappa shape index (κ3) is 2.13. The first-order chi connectivity index (χ1) is 7.16. The number of nitrogen functional groups attached to an aromatic ring is 1. The van der Waals surface area contributed by atoms with Gasteiger partial charge in [0.05, 0.1) is 5.69 Å². The van der Waals surface area contributed by atoms with Gasteiger partial charge < -0.3 is 15.1 Å². The van der Waals surface area contributed by atoms with Gasteiger partial charge in [0.2, 0.25) is 0 Å². The van der Waals surface area contributed by atoms with E-state index in [0.29, 0.717) is 5.69 Å². The van der Waals surface area contributed by atoms with E-state index in [-0.39, 0.29) is 0 Å². The van der Waals surface area contributed by atoms with E-state index in [2.05, 4.69) is 25.1 Å². The Hall–Kier alpha value is -1.48. The van der Waals surface area contributed by atoms with Crippen LogP contribution in [0.3, 0.4) is 0 Å². The van der Waals surface area contributed by atoms with Crippen molar-refractivity contribution in [3.63, 3.8) is 0 Å². The zero-order valence-electron chi connectivity index (χ0n) is 9.16. The molecule has 0 spiro atoms. The highest BCUT2D eigenvalue weighted by Gasteiger charge is 2.05. The Morgan fingerprint density at radius 3 is 2.80 bits per heavy atom. The van der Waals surface area contributed by atoms with E-state index in [1.807, 2.05) is 18.2 Å². The number of fused-ring (bicyclic) bond motifs is 1. The molecule has 3 heteroatoms. The molecule has 3 nitrogen and oxygen atoms in total. The molecule has 2 N–H and O–H groups in total. The number of furan rings is 1. The Morgan fingerprint density at radius 1 is 1.33 bits per heavy atom. The molecule has 2 aromatic rings. The van der Waals surface area contributed by atoms with Crippen LogP contribution in [-0.2, 0) is 6.42 Å². The van der Waals surface area contributed by atoms with E-state index >= 15 is 0 Å². The fraction of sp³-hybridized carbons (Fsp3) is 0.333. The third-order valence-corrected chi connectivity index (χ3v) is 2.43. The molecule has 1 aromatic heterocycles. The fourth-order valence-electron chi connectivity index (χ4n) is 1.60. The van der Waals surface area contributed by atoms with Gasteiger partial charge in [-0.05, 0) is 26.2 Å². The first kappa shape index (κ1) is 10.1. The molecule has 0 radical (unpaired) electrons. The van der Waals surface area contributed by atoms with Crippen molar-refractivity contribution in [2.75, 3.05) is 26.4 Å². The molecule has 2 rings (SSSR count). The topological polar surface area (TPSA) is 42.4 Å². The molecule has 0 saturated carbocycles. The highest BCUT2D eigenvalue weighted by molar-refractivity contribution is 5.88. The summed E-state index contributed by atoms with van der Waals surface area (Å²) in [5.74, 6) is 0.997. The van der Waals surface area contributed by atoms with Gasteiger partial charge in [0, 0.05) is 18.4 Å². The summed E-state index contributed by atoms with van der Waals surface area (Å²) in [7, 11) is 4.11. The zero-order valence-corrected chi connectivity index (χ0v) is 9.16. The van der Waals surface area contributed by atoms with Gasteiger partial charge in [-0.2, -0.15) is 0 Å². The van der Waals surface area contributed by atoms with Crippen molar-refractivity contribution in [3.8, 4) is 0 Å². The maximum atomic E-state index is 5.82. The average Bonchev–Trinajstić information content (AvgIpc) is 2.59. The molecule has 15 heavy (non-hydrogen) atoms. The number of hydrogen-bond donors (Lipinski definition) is 1. The Morgan fingerprint density at radius 2 is 2.13 bits per heavy atom. The summed E-state index contributed by atoms with van der Waals surface area (Å²) in [5, 5.41) is 1.09. The molecule has 0 fully saturated rings. The monoisotopic (exact) mass is 204 g/mol. The van der Waals surface area contributed by atoms with Crippen LogP contribution in [-0.4, -0.2) is 25.5 Å². The van der Waals surface area contributed by atoms with Crippen molar-refractivity contribution in [3.05, 3.63) is 30.0 Å². The van der Waals surface area contributed by atoms with Crippen molar-refractivity contribution in [1.82, 2.24) is 4.90 Å². The number of nitrogens with two attached hydrogens (primary N) is 1. The van der Waals surface area contributed by atoms with E-state index in [0.717, 1.165) is 29.7 Å². The smallest absolute Gasteiger partial charge is 0.157 e. The lowest BCUT2D eigenvalue weighted by Crippen LogP contribution is -2.14. The van der Waals surface area contributed by atoms with Gasteiger partial charge in [0.25, 0.3) is 0 Å². The second-order valence-electron chi connectivity index (χ2n) is 4.03. The SMILES string of the molecule is CN(C)CCc1cc2cccc(N)c2o1. The minimum absolute atomic E-state index is 0.712.